The second kappa shape index (κ2) is 9.20. The van der Waals surface area contributed by atoms with Crippen LogP contribution in [0.25, 0.3) is 0 Å². The van der Waals surface area contributed by atoms with E-state index in [0.717, 1.165) is 25.7 Å². The second-order valence-corrected chi connectivity index (χ2v) is 8.64. The van der Waals surface area contributed by atoms with Crippen molar-refractivity contribution in [2.24, 2.45) is 17.3 Å². The van der Waals surface area contributed by atoms with Crippen molar-refractivity contribution in [2.75, 3.05) is 0 Å². The molecule has 1 N–H and O–H groups in total. The van der Waals surface area contributed by atoms with Gasteiger partial charge in [0.25, 0.3) is 0 Å². The summed E-state index contributed by atoms with van der Waals surface area (Å²) < 4.78 is 0. The Balaban J connectivity index is 2.19. The molecule has 148 valence electrons. The first kappa shape index (κ1) is 21.2. The Morgan fingerprint density at radius 1 is 1.15 bits per heavy atom. The zero-order valence-electron chi connectivity index (χ0n) is 16.8. The Hall–Kier alpha value is -2.11. The third-order valence-electron chi connectivity index (χ3n) is 5.37. The SMILES string of the molecule is CC(=O)[C@@H](NC(=O)[C@@H](CC(=O)c1cnccn1)C1CCCCC1)C(C)(C)C. The molecular formula is C21H31N3O3. The fourth-order valence-corrected chi connectivity index (χ4v) is 3.93. The normalized spacial score (nSPS) is 17.8. The first-order chi connectivity index (χ1) is 12.7. The summed E-state index contributed by atoms with van der Waals surface area (Å²) >= 11 is 0. The van der Waals surface area contributed by atoms with Crippen LogP contribution >= 0.6 is 0 Å². The molecule has 2 atom stereocenters. The molecule has 1 saturated carbocycles. The van der Waals surface area contributed by atoms with Gasteiger partial charge in [-0.05, 0) is 31.1 Å². The monoisotopic (exact) mass is 373 g/mol. The number of hydrogen-bond donors (Lipinski definition) is 1. The summed E-state index contributed by atoms with van der Waals surface area (Å²) in [5.41, 5.74) is -0.0990. The molecule has 1 aliphatic rings. The lowest BCUT2D eigenvalue weighted by atomic mass is 9.76. The molecule has 1 heterocycles. The Kier molecular flexibility index (Phi) is 7.22. The lowest BCUT2D eigenvalue weighted by molar-refractivity contribution is -0.133. The first-order valence-corrected chi connectivity index (χ1v) is 9.80. The van der Waals surface area contributed by atoms with Gasteiger partial charge in [0.1, 0.15) is 5.69 Å². The van der Waals surface area contributed by atoms with Crippen molar-refractivity contribution < 1.29 is 14.4 Å². The fourth-order valence-electron chi connectivity index (χ4n) is 3.93. The maximum atomic E-state index is 13.1. The van der Waals surface area contributed by atoms with Crippen molar-refractivity contribution in [3.05, 3.63) is 24.3 Å². The van der Waals surface area contributed by atoms with E-state index in [-0.39, 0.29) is 40.9 Å². The van der Waals surface area contributed by atoms with Crippen LogP contribution in [-0.4, -0.2) is 33.5 Å². The number of Topliss-reactive ketones (excluding diaryl/α,β-unsaturated/α-hetero) is 2. The summed E-state index contributed by atoms with van der Waals surface area (Å²) in [4.78, 5) is 45.9. The van der Waals surface area contributed by atoms with Gasteiger partial charge in [0.05, 0.1) is 12.2 Å². The van der Waals surface area contributed by atoms with Crippen molar-refractivity contribution in [2.45, 2.75) is 72.3 Å². The molecule has 6 heteroatoms. The highest BCUT2D eigenvalue weighted by atomic mass is 16.2. The molecule has 0 saturated heterocycles. The number of carbonyl (C=O) groups is 3. The number of nitrogens with zero attached hydrogens (tertiary/aromatic N) is 2. The summed E-state index contributed by atoms with van der Waals surface area (Å²) in [6.07, 6.45) is 9.72. The molecule has 27 heavy (non-hydrogen) atoms. The van der Waals surface area contributed by atoms with Crippen LogP contribution in [0.5, 0.6) is 0 Å². The van der Waals surface area contributed by atoms with Crippen molar-refractivity contribution >= 4 is 17.5 Å². The van der Waals surface area contributed by atoms with Gasteiger partial charge in [-0.15, -0.1) is 0 Å². The van der Waals surface area contributed by atoms with E-state index in [1.807, 2.05) is 20.8 Å². The predicted molar refractivity (Wildman–Crippen MR) is 103 cm³/mol. The lowest BCUT2D eigenvalue weighted by Crippen LogP contribution is -2.51. The van der Waals surface area contributed by atoms with Gasteiger partial charge in [0.15, 0.2) is 11.6 Å². The summed E-state index contributed by atoms with van der Waals surface area (Å²) in [5, 5.41) is 2.93. The van der Waals surface area contributed by atoms with E-state index in [0.29, 0.717) is 0 Å². The molecule has 1 fully saturated rings. The van der Waals surface area contributed by atoms with Gasteiger partial charge >= 0.3 is 0 Å². The summed E-state index contributed by atoms with van der Waals surface area (Å²) in [7, 11) is 0. The fraction of sp³-hybridized carbons (Fsp3) is 0.667. The molecule has 6 nitrogen and oxygen atoms in total. The minimum absolute atomic E-state index is 0.0708. The molecule has 0 aromatic carbocycles. The van der Waals surface area contributed by atoms with Crippen LogP contribution in [0, 0.1) is 17.3 Å². The van der Waals surface area contributed by atoms with E-state index in [9.17, 15) is 14.4 Å². The average Bonchev–Trinajstić information content (AvgIpc) is 2.64. The molecule has 1 aromatic heterocycles. The van der Waals surface area contributed by atoms with Gasteiger partial charge in [-0.2, -0.15) is 0 Å². The second-order valence-electron chi connectivity index (χ2n) is 8.64. The van der Waals surface area contributed by atoms with Crippen LogP contribution in [0.15, 0.2) is 18.6 Å². The van der Waals surface area contributed by atoms with Gasteiger partial charge in [-0.1, -0.05) is 40.0 Å². The van der Waals surface area contributed by atoms with E-state index >= 15 is 0 Å². The highest BCUT2D eigenvalue weighted by molar-refractivity contribution is 5.97. The number of ketones is 2. The van der Waals surface area contributed by atoms with E-state index in [1.165, 1.54) is 31.9 Å². The third-order valence-corrected chi connectivity index (χ3v) is 5.37. The van der Waals surface area contributed by atoms with Gasteiger partial charge in [0.2, 0.25) is 5.91 Å². The lowest BCUT2D eigenvalue weighted by Gasteiger charge is -2.34. The minimum atomic E-state index is -0.567. The quantitative estimate of drug-likeness (QED) is 0.740. The van der Waals surface area contributed by atoms with Gasteiger partial charge in [-0.3, -0.25) is 19.4 Å². The van der Waals surface area contributed by atoms with Crippen molar-refractivity contribution in [1.29, 1.82) is 0 Å². The maximum Gasteiger partial charge on any atom is 0.224 e. The van der Waals surface area contributed by atoms with Crippen LogP contribution in [-0.2, 0) is 9.59 Å². The maximum absolute atomic E-state index is 13.1. The number of nitrogens with one attached hydrogen (secondary N) is 1. The first-order valence-electron chi connectivity index (χ1n) is 9.80. The van der Waals surface area contributed by atoms with Gasteiger partial charge in [0, 0.05) is 24.7 Å². The largest absolute Gasteiger partial charge is 0.346 e. The van der Waals surface area contributed by atoms with Crippen LogP contribution in [0.1, 0.15) is 76.7 Å². The molecule has 1 aliphatic carbocycles. The average molecular weight is 373 g/mol. The van der Waals surface area contributed by atoms with Crippen LogP contribution in [0.3, 0.4) is 0 Å². The van der Waals surface area contributed by atoms with Crippen LogP contribution in [0.2, 0.25) is 0 Å². The molecule has 0 bridgehead atoms. The van der Waals surface area contributed by atoms with Crippen LogP contribution in [0.4, 0.5) is 0 Å². The smallest absolute Gasteiger partial charge is 0.224 e. The van der Waals surface area contributed by atoms with Crippen LogP contribution < -0.4 is 5.32 Å². The van der Waals surface area contributed by atoms with E-state index in [2.05, 4.69) is 15.3 Å². The summed E-state index contributed by atoms with van der Waals surface area (Å²) in [5.74, 6) is -0.729. The molecule has 0 aliphatic heterocycles. The summed E-state index contributed by atoms with van der Waals surface area (Å²) in [6, 6.07) is -0.567. The zero-order valence-corrected chi connectivity index (χ0v) is 16.8. The minimum Gasteiger partial charge on any atom is -0.346 e. The Morgan fingerprint density at radius 2 is 1.81 bits per heavy atom. The van der Waals surface area contributed by atoms with Crippen molar-refractivity contribution in [1.82, 2.24) is 15.3 Å². The molecule has 0 radical (unpaired) electrons. The van der Waals surface area contributed by atoms with Crippen molar-refractivity contribution in [3.63, 3.8) is 0 Å². The molecule has 1 amide bonds. The summed E-state index contributed by atoms with van der Waals surface area (Å²) in [6.45, 7) is 7.29. The van der Waals surface area contributed by atoms with E-state index in [4.69, 9.17) is 0 Å². The molecule has 0 unspecified atom stereocenters. The third kappa shape index (κ3) is 5.94. The number of carbonyl (C=O) groups excluding carboxylic acids is 3. The molecule has 2 rings (SSSR count). The van der Waals surface area contributed by atoms with E-state index < -0.39 is 12.0 Å². The number of rotatable bonds is 7. The molecule has 0 spiro atoms. The Labute approximate surface area is 161 Å². The Bertz CT molecular complexity index is 661. The van der Waals surface area contributed by atoms with Gasteiger partial charge in [-0.25, -0.2) is 4.98 Å². The number of hydrogen-bond acceptors (Lipinski definition) is 5. The molecular weight excluding hydrogens is 342 g/mol. The van der Waals surface area contributed by atoms with Gasteiger partial charge < -0.3 is 5.32 Å². The molecule has 1 aromatic rings. The highest BCUT2D eigenvalue weighted by Crippen LogP contribution is 2.33. The standard InChI is InChI=1S/C21H31N3O3/c1-14(25)19(21(2,3)4)24-20(27)16(15-8-6-5-7-9-15)12-18(26)17-13-22-10-11-23-17/h10-11,13,15-16,19H,5-9,12H2,1-4H3,(H,24,27)/t16-,19+/m0/s1. The predicted octanol–water partition coefficient (Wildman–Crippen LogP) is 3.37. The number of amides is 1. The Morgan fingerprint density at radius 3 is 2.33 bits per heavy atom. The van der Waals surface area contributed by atoms with E-state index in [1.54, 1.807) is 0 Å². The van der Waals surface area contributed by atoms with Crippen molar-refractivity contribution in [3.8, 4) is 0 Å². The topological polar surface area (TPSA) is 89.0 Å². The number of aromatic nitrogens is 2. The zero-order chi connectivity index (χ0) is 20.0. The highest BCUT2D eigenvalue weighted by Gasteiger charge is 2.36.